The first-order valence-corrected chi connectivity index (χ1v) is 10.0. The highest BCUT2D eigenvalue weighted by Gasteiger charge is 2.21. The summed E-state index contributed by atoms with van der Waals surface area (Å²) < 4.78 is 5.41. The van der Waals surface area contributed by atoms with Gasteiger partial charge < -0.3 is 20.3 Å². The highest BCUT2D eigenvalue weighted by Crippen LogP contribution is 2.19. The summed E-state index contributed by atoms with van der Waals surface area (Å²) in [4.78, 5) is 7.37. The van der Waals surface area contributed by atoms with Crippen molar-refractivity contribution in [3.05, 3.63) is 29.3 Å². The average Bonchev–Trinajstić information content (AvgIpc) is 3.09. The fraction of sp³-hybridized carbons (Fsp3) is 0.667. The fourth-order valence-corrected chi connectivity index (χ4v) is 3.49. The van der Waals surface area contributed by atoms with Crippen molar-refractivity contribution in [3.8, 4) is 5.75 Å². The topological polar surface area (TPSA) is 48.9 Å². The Hall–Kier alpha value is -1.75. The molecule has 1 unspecified atom stereocenters. The van der Waals surface area contributed by atoms with Gasteiger partial charge in [-0.15, -0.1) is 0 Å². The van der Waals surface area contributed by atoms with Crippen molar-refractivity contribution < 1.29 is 4.74 Å². The fourth-order valence-electron chi connectivity index (χ4n) is 3.49. The molecule has 5 nitrogen and oxygen atoms in total. The summed E-state index contributed by atoms with van der Waals surface area (Å²) in [5.74, 6) is 2.58. The molecule has 1 heterocycles. The molecular formula is C21H36N4O. The number of nitrogens with zero attached hydrogens (tertiary/aromatic N) is 2. The summed E-state index contributed by atoms with van der Waals surface area (Å²) in [5, 5.41) is 6.83. The highest BCUT2D eigenvalue weighted by atomic mass is 16.5. The molecule has 5 heteroatoms. The van der Waals surface area contributed by atoms with Crippen LogP contribution in [0.4, 0.5) is 0 Å². The third-order valence-corrected chi connectivity index (χ3v) is 4.94. The van der Waals surface area contributed by atoms with Crippen molar-refractivity contribution in [2.75, 3.05) is 46.4 Å². The van der Waals surface area contributed by atoms with Crippen LogP contribution in [0.1, 0.15) is 37.8 Å². The standard InChI is InChI=1S/C21H36N4O/c1-5-12-25-13-10-19(16-25)15-24-21(22-6-2)23-11-9-18-8-7-17(3)20(14-18)26-4/h7-8,14,19H,5-6,9-13,15-16H2,1-4H3,(H2,22,23,24). The Morgan fingerprint density at radius 3 is 2.88 bits per heavy atom. The average molecular weight is 361 g/mol. The van der Waals surface area contributed by atoms with E-state index >= 15 is 0 Å². The number of benzene rings is 1. The van der Waals surface area contributed by atoms with E-state index in [-0.39, 0.29) is 0 Å². The van der Waals surface area contributed by atoms with E-state index in [1.54, 1.807) is 7.11 Å². The Balaban J connectivity index is 1.80. The Labute approximate surface area is 159 Å². The van der Waals surface area contributed by atoms with Crippen LogP contribution in [0.25, 0.3) is 0 Å². The molecule has 0 saturated carbocycles. The second-order valence-corrected chi connectivity index (χ2v) is 7.16. The van der Waals surface area contributed by atoms with Gasteiger partial charge in [0.15, 0.2) is 5.96 Å². The molecule has 26 heavy (non-hydrogen) atoms. The molecule has 0 radical (unpaired) electrons. The Kier molecular flexibility index (Phi) is 8.75. The van der Waals surface area contributed by atoms with Gasteiger partial charge in [0.05, 0.1) is 7.11 Å². The zero-order chi connectivity index (χ0) is 18.8. The number of nitrogens with one attached hydrogen (secondary N) is 2. The van der Waals surface area contributed by atoms with Crippen molar-refractivity contribution in [1.82, 2.24) is 15.5 Å². The van der Waals surface area contributed by atoms with Gasteiger partial charge in [-0.2, -0.15) is 0 Å². The quantitative estimate of drug-likeness (QED) is 0.525. The minimum absolute atomic E-state index is 0.693. The number of likely N-dealkylation sites (tertiary alicyclic amines) is 1. The zero-order valence-electron chi connectivity index (χ0n) is 17.0. The highest BCUT2D eigenvalue weighted by molar-refractivity contribution is 5.79. The number of guanidine groups is 1. The molecule has 0 aliphatic carbocycles. The number of methoxy groups -OCH3 is 1. The monoisotopic (exact) mass is 360 g/mol. The van der Waals surface area contributed by atoms with Crippen LogP contribution in [-0.4, -0.2) is 57.2 Å². The van der Waals surface area contributed by atoms with Crippen molar-refractivity contribution in [2.45, 2.75) is 40.0 Å². The van der Waals surface area contributed by atoms with E-state index < -0.39 is 0 Å². The van der Waals surface area contributed by atoms with E-state index in [2.05, 4.69) is 54.5 Å². The third kappa shape index (κ3) is 6.52. The van der Waals surface area contributed by atoms with Gasteiger partial charge in [-0.25, -0.2) is 0 Å². The van der Waals surface area contributed by atoms with E-state index in [0.717, 1.165) is 37.8 Å². The molecule has 1 fully saturated rings. The molecule has 2 rings (SSSR count). The van der Waals surface area contributed by atoms with Gasteiger partial charge in [0.1, 0.15) is 5.75 Å². The number of hydrogen-bond acceptors (Lipinski definition) is 3. The number of rotatable bonds is 9. The lowest BCUT2D eigenvalue weighted by atomic mass is 10.1. The second-order valence-electron chi connectivity index (χ2n) is 7.16. The maximum absolute atomic E-state index is 5.41. The van der Waals surface area contributed by atoms with Crippen LogP contribution in [0, 0.1) is 12.8 Å². The number of aliphatic imine (C=N–C) groups is 1. The molecule has 0 bridgehead atoms. The molecule has 1 saturated heterocycles. The lowest BCUT2D eigenvalue weighted by molar-refractivity contribution is 0.326. The number of aryl methyl sites for hydroxylation is 1. The summed E-state index contributed by atoms with van der Waals surface area (Å²) in [5.41, 5.74) is 2.45. The molecular weight excluding hydrogens is 324 g/mol. The smallest absolute Gasteiger partial charge is 0.191 e. The molecule has 1 aromatic carbocycles. The minimum Gasteiger partial charge on any atom is -0.496 e. The van der Waals surface area contributed by atoms with Crippen molar-refractivity contribution >= 4 is 5.96 Å². The third-order valence-electron chi connectivity index (χ3n) is 4.94. The number of hydrogen-bond donors (Lipinski definition) is 2. The predicted octanol–water partition coefficient (Wildman–Crippen LogP) is 2.83. The normalized spacial score (nSPS) is 18.2. The molecule has 1 aromatic rings. The first-order chi connectivity index (χ1) is 12.7. The van der Waals surface area contributed by atoms with Crippen LogP contribution in [0.2, 0.25) is 0 Å². The molecule has 146 valence electrons. The van der Waals surface area contributed by atoms with Gasteiger partial charge in [0.2, 0.25) is 0 Å². The summed E-state index contributed by atoms with van der Waals surface area (Å²) in [6, 6.07) is 6.42. The maximum atomic E-state index is 5.41. The summed E-state index contributed by atoms with van der Waals surface area (Å²) in [6.45, 7) is 12.7. The van der Waals surface area contributed by atoms with Crippen molar-refractivity contribution in [2.24, 2.45) is 10.9 Å². The molecule has 1 aliphatic heterocycles. The molecule has 1 atom stereocenters. The van der Waals surface area contributed by atoms with Crippen LogP contribution >= 0.6 is 0 Å². The van der Waals surface area contributed by atoms with E-state index in [0.29, 0.717) is 5.92 Å². The van der Waals surface area contributed by atoms with E-state index in [9.17, 15) is 0 Å². The Morgan fingerprint density at radius 2 is 2.15 bits per heavy atom. The zero-order valence-corrected chi connectivity index (χ0v) is 17.0. The van der Waals surface area contributed by atoms with Crippen LogP contribution in [-0.2, 0) is 6.42 Å². The van der Waals surface area contributed by atoms with E-state index in [1.807, 2.05) is 0 Å². The number of ether oxygens (including phenoxy) is 1. The van der Waals surface area contributed by atoms with Crippen molar-refractivity contribution in [3.63, 3.8) is 0 Å². The first kappa shape index (κ1) is 20.6. The van der Waals surface area contributed by atoms with Gasteiger partial charge in [0, 0.05) is 26.2 Å². The molecule has 0 spiro atoms. The summed E-state index contributed by atoms with van der Waals surface area (Å²) in [6.07, 6.45) is 3.46. The predicted molar refractivity (Wildman–Crippen MR) is 110 cm³/mol. The van der Waals surface area contributed by atoms with Crippen LogP contribution in [0.5, 0.6) is 5.75 Å². The first-order valence-electron chi connectivity index (χ1n) is 10.0. The molecule has 0 aromatic heterocycles. The van der Waals surface area contributed by atoms with Crippen LogP contribution in [0.15, 0.2) is 23.2 Å². The van der Waals surface area contributed by atoms with Crippen molar-refractivity contribution in [1.29, 1.82) is 0 Å². The second kappa shape index (κ2) is 11.1. The van der Waals surface area contributed by atoms with Gasteiger partial charge in [-0.1, -0.05) is 19.1 Å². The lowest BCUT2D eigenvalue weighted by Crippen LogP contribution is -2.38. The van der Waals surface area contributed by atoms with Gasteiger partial charge >= 0.3 is 0 Å². The molecule has 1 aliphatic rings. The molecule has 2 N–H and O–H groups in total. The Bertz CT molecular complexity index is 573. The van der Waals surface area contributed by atoms with E-state index in [1.165, 1.54) is 43.6 Å². The van der Waals surface area contributed by atoms with Crippen LogP contribution in [0.3, 0.4) is 0 Å². The lowest BCUT2D eigenvalue weighted by Gasteiger charge is -2.15. The largest absolute Gasteiger partial charge is 0.496 e. The minimum atomic E-state index is 0.693. The molecule has 0 amide bonds. The van der Waals surface area contributed by atoms with Crippen LogP contribution < -0.4 is 15.4 Å². The van der Waals surface area contributed by atoms with E-state index in [4.69, 9.17) is 9.73 Å². The maximum Gasteiger partial charge on any atom is 0.191 e. The van der Waals surface area contributed by atoms with Gasteiger partial charge in [0.25, 0.3) is 0 Å². The van der Waals surface area contributed by atoms with Gasteiger partial charge in [-0.05, 0) is 69.3 Å². The Morgan fingerprint density at radius 1 is 1.31 bits per heavy atom. The van der Waals surface area contributed by atoms with Gasteiger partial charge in [-0.3, -0.25) is 4.99 Å². The summed E-state index contributed by atoms with van der Waals surface area (Å²) >= 11 is 0. The SMILES string of the molecule is CCCN1CCC(CN=C(NCC)NCCc2ccc(C)c(OC)c2)C1. The summed E-state index contributed by atoms with van der Waals surface area (Å²) in [7, 11) is 1.73.